The van der Waals surface area contributed by atoms with Gasteiger partial charge in [-0.2, -0.15) is 0 Å². The Balaban J connectivity index is 1.64. The molecular formula is C20H24N4O3S. The van der Waals surface area contributed by atoms with Gasteiger partial charge in [-0.15, -0.1) is 0 Å². The van der Waals surface area contributed by atoms with Crippen LogP contribution in [0, 0.1) is 5.92 Å². The van der Waals surface area contributed by atoms with Gasteiger partial charge in [-0.25, -0.2) is 18.4 Å². The number of hydrogen-bond acceptors (Lipinski definition) is 6. The van der Waals surface area contributed by atoms with Gasteiger partial charge >= 0.3 is 0 Å². The van der Waals surface area contributed by atoms with Crippen molar-refractivity contribution in [3.63, 3.8) is 0 Å². The molecule has 0 unspecified atom stereocenters. The first kappa shape index (κ1) is 18.9. The molecule has 1 aromatic heterocycles. The molecule has 148 valence electrons. The predicted octanol–water partition coefficient (Wildman–Crippen LogP) is 2.49. The average Bonchev–Trinajstić information content (AvgIpc) is 3.10. The van der Waals surface area contributed by atoms with E-state index in [-0.39, 0.29) is 30.0 Å². The van der Waals surface area contributed by atoms with Crippen LogP contribution in [0.1, 0.15) is 37.4 Å². The highest BCUT2D eigenvalue weighted by molar-refractivity contribution is 7.91. The summed E-state index contributed by atoms with van der Waals surface area (Å²) in [6.45, 7) is 4.62. The number of carbonyl (C=O) groups excluding carboxylic acids is 1. The Morgan fingerprint density at radius 2 is 2.00 bits per heavy atom. The number of rotatable bonds is 4. The predicted molar refractivity (Wildman–Crippen MR) is 107 cm³/mol. The smallest absolute Gasteiger partial charge is 0.227 e. The molecule has 4 rings (SSSR count). The summed E-state index contributed by atoms with van der Waals surface area (Å²) in [6.07, 6.45) is 2.02. The van der Waals surface area contributed by atoms with E-state index in [2.05, 4.69) is 15.3 Å². The number of benzene rings is 1. The van der Waals surface area contributed by atoms with Crippen molar-refractivity contribution in [1.82, 2.24) is 14.9 Å². The molecule has 1 saturated heterocycles. The minimum atomic E-state index is -3.33. The van der Waals surface area contributed by atoms with E-state index in [1.165, 1.54) is 0 Å². The minimum Gasteiger partial charge on any atom is -0.341 e. The molecule has 1 fully saturated rings. The Labute approximate surface area is 165 Å². The van der Waals surface area contributed by atoms with Crippen LogP contribution in [0.5, 0.6) is 0 Å². The van der Waals surface area contributed by atoms with E-state index in [9.17, 15) is 13.2 Å². The third-order valence-corrected chi connectivity index (χ3v) is 7.41. The number of aromatic nitrogens is 2. The van der Waals surface area contributed by atoms with Gasteiger partial charge in [-0.1, -0.05) is 32.0 Å². The first-order chi connectivity index (χ1) is 13.3. The van der Waals surface area contributed by atoms with Crippen molar-refractivity contribution >= 4 is 27.4 Å². The lowest BCUT2D eigenvalue weighted by atomic mass is 10.00. The van der Waals surface area contributed by atoms with Crippen LogP contribution < -0.4 is 5.32 Å². The molecule has 7 nitrogen and oxygen atoms in total. The molecular weight excluding hydrogens is 376 g/mol. The summed E-state index contributed by atoms with van der Waals surface area (Å²) in [7, 11) is -3.33. The number of hydrogen-bond donors (Lipinski definition) is 1. The van der Waals surface area contributed by atoms with Gasteiger partial charge in [0.05, 0.1) is 16.7 Å². The van der Waals surface area contributed by atoms with Crippen molar-refractivity contribution in [3.05, 3.63) is 47.8 Å². The van der Waals surface area contributed by atoms with Gasteiger partial charge < -0.3 is 10.2 Å². The van der Waals surface area contributed by atoms with E-state index in [1.807, 2.05) is 44.2 Å². The van der Waals surface area contributed by atoms with Gasteiger partial charge in [0.2, 0.25) is 11.9 Å². The van der Waals surface area contributed by atoms with Crippen LogP contribution in [-0.2, 0) is 20.4 Å². The summed E-state index contributed by atoms with van der Waals surface area (Å²) in [5.41, 5.74) is 2.24. The Hall–Kier alpha value is -2.48. The summed E-state index contributed by atoms with van der Waals surface area (Å²) in [5.74, 6) is 0.321. The van der Waals surface area contributed by atoms with Crippen molar-refractivity contribution in [2.24, 2.45) is 5.92 Å². The molecule has 1 aromatic carbocycles. The molecule has 1 amide bonds. The van der Waals surface area contributed by atoms with Gasteiger partial charge in [0.25, 0.3) is 0 Å². The quantitative estimate of drug-likeness (QED) is 0.848. The number of carbonyl (C=O) groups is 1. The maximum atomic E-state index is 12.8. The Morgan fingerprint density at radius 1 is 1.25 bits per heavy atom. The molecule has 0 bridgehead atoms. The zero-order valence-electron chi connectivity index (χ0n) is 16.0. The van der Waals surface area contributed by atoms with Crippen LogP contribution >= 0.6 is 0 Å². The summed E-state index contributed by atoms with van der Waals surface area (Å²) in [4.78, 5) is 23.1. The number of sulfone groups is 1. The second-order valence-electron chi connectivity index (χ2n) is 7.94. The standard InChI is InChI=1S/C20H24N4O3S/c1-13(2)8-18(25)24-10-16-17(11-24)28(26,27)12-14-9-21-20(23-19(14)16)22-15-6-4-3-5-7-15/h3-7,9,13,16-17H,8,10-12H2,1-2H3,(H,21,22,23)/t16-,17-/m0/s1. The molecule has 2 aromatic rings. The van der Waals surface area contributed by atoms with Crippen LogP contribution in [-0.4, -0.2) is 47.5 Å². The molecule has 8 heteroatoms. The van der Waals surface area contributed by atoms with Crippen LogP contribution in [0.15, 0.2) is 36.5 Å². The summed E-state index contributed by atoms with van der Waals surface area (Å²) < 4.78 is 25.6. The second-order valence-corrected chi connectivity index (χ2v) is 10.2. The number of anilines is 2. The monoisotopic (exact) mass is 400 g/mol. The molecule has 28 heavy (non-hydrogen) atoms. The molecule has 0 radical (unpaired) electrons. The van der Waals surface area contributed by atoms with Gasteiger partial charge in [-0.3, -0.25) is 4.79 Å². The van der Waals surface area contributed by atoms with E-state index < -0.39 is 15.1 Å². The number of nitrogens with zero attached hydrogens (tertiary/aromatic N) is 3. The summed E-state index contributed by atoms with van der Waals surface area (Å²) >= 11 is 0. The fraction of sp³-hybridized carbons (Fsp3) is 0.450. The third kappa shape index (κ3) is 3.61. The van der Waals surface area contributed by atoms with Crippen molar-refractivity contribution in [2.45, 2.75) is 37.2 Å². The molecule has 2 aliphatic heterocycles. The largest absolute Gasteiger partial charge is 0.341 e. The highest BCUT2D eigenvalue weighted by atomic mass is 32.2. The van der Waals surface area contributed by atoms with Gasteiger partial charge in [0.15, 0.2) is 9.84 Å². The normalized spacial score (nSPS) is 22.6. The fourth-order valence-corrected chi connectivity index (χ4v) is 5.96. The number of nitrogens with one attached hydrogen (secondary N) is 1. The highest BCUT2D eigenvalue weighted by Crippen LogP contribution is 2.39. The molecule has 0 aliphatic carbocycles. The van der Waals surface area contributed by atoms with Crippen molar-refractivity contribution in [2.75, 3.05) is 18.4 Å². The zero-order chi connectivity index (χ0) is 19.9. The van der Waals surface area contributed by atoms with E-state index in [0.29, 0.717) is 24.5 Å². The number of para-hydroxylation sites is 1. The summed E-state index contributed by atoms with van der Waals surface area (Å²) in [5, 5.41) is 2.58. The second kappa shape index (κ2) is 7.16. The van der Waals surface area contributed by atoms with E-state index in [4.69, 9.17) is 0 Å². The van der Waals surface area contributed by atoms with Crippen LogP contribution in [0.3, 0.4) is 0 Å². The molecule has 2 atom stereocenters. The highest BCUT2D eigenvalue weighted by Gasteiger charge is 2.48. The molecule has 3 heterocycles. The molecule has 2 aliphatic rings. The van der Waals surface area contributed by atoms with Crippen LogP contribution in [0.4, 0.5) is 11.6 Å². The van der Waals surface area contributed by atoms with Crippen molar-refractivity contribution < 1.29 is 13.2 Å². The van der Waals surface area contributed by atoms with E-state index >= 15 is 0 Å². The first-order valence-electron chi connectivity index (χ1n) is 9.50. The molecule has 1 N–H and O–H groups in total. The minimum absolute atomic E-state index is 0.0119. The lowest BCUT2D eigenvalue weighted by molar-refractivity contribution is -0.130. The van der Waals surface area contributed by atoms with Crippen molar-refractivity contribution in [3.8, 4) is 0 Å². The van der Waals surface area contributed by atoms with E-state index in [1.54, 1.807) is 11.1 Å². The Bertz CT molecular complexity index is 992. The van der Waals surface area contributed by atoms with Gasteiger partial charge in [0.1, 0.15) is 0 Å². The molecule has 0 saturated carbocycles. The number of amides is 1. The van der Waals surface area contributed by atoms with Crippen LogP contribution in [0.2, 0.25) is 0 Å². The van der Waals surface area contributed by atoms with E-state index in [0.717, 1.165) is 11.4 Å². The molecule has 0 spiro atoms. The lowest BCUT2D eigenvalue weighted by Gasteiger charge is -2.26. The number of fused-ring (bicyclic) bond motifs is 3. The lowest BCUT2D eigenvalue weighted by Crippen LogP contribution is -2.35. The van der Waals surface area contributed by atoms with Gasteiger partial charge in [-0.05, 0) is 18.1 Å². The van der Waals surface area contributed by atoms with Crippen molar-refractivity contribution in [1.29, 1.82) is 0 Å². The Kier molecular flexibility index (Phi) is 4.82. The number of likely N-dealkylation sites (tertiary alicyclic amines) is 1. The fourth-order valence-electron chi connectivity index (χ4n) is 3.97. The summed E-state index contributed by atoms with van der Waals surface area (Å²) in [6, 6.07) is 9.59. The SMILES string of the molecule is CC(C)CC(=O)N1C[C@@H]2c3nc(Nc4ccccc4)ncc3CS(=O)(=O)[C@H]2C1. The Morgan fingerprint density at radius 3 is 2.71 bits per heavy atom. The van der Waals surface area contributed by atoms with Gasteiger partial charge in [0, 0.05) is 42.9 Å². The zero-order valence-corrected chi connectivity index (χ0v) is 16.8. The maximum Gasteiger partial charge on any atom is 0.227 e. The maximum absolute atomic E-state index is 12.8. The van der Waals surface area contributed by atoms with Crippen LogP contribution in [0.25, 0.3) is 0 Å². The third-order valence-electron chi connectivity index (χ3n) is 5.30. The average molecular weight is 401 g/mol. The topological polar surface area (TPSA) is 92.3 Å². The first-order valence-corrected chi connectivity index (χ1v) is 11.2.